The van der Waals surface area contributed by atoms with Crippen molar-refractivity contribution in [2.75, 3.05) is 5.73 Å². The Bertz CT molecular complexity index is 921. The molecular weight excluding hydrogens is 362 g/mol. The maximum absolute atomic E-state index is 11.9. The molecule has 0 fully saturated rings. The largest absolute Gasteiger partial charge is 0.489 e. The van der Waals surface area contributed by atoms with E-state index in [1.165, 1.54) is 0 Å². The summed E-state index contributed by atoms with van der Waals surface area (Å²) in [4.78, 5) is 11.9. The minimum atomic E-state index is -0.297. The molecule has 3 aromatic rings. The van der Waals surface area contributed by atoms with Gasteiger partial charge < -0.3 is 10.5 Å². The van der Waals surface area contributed by atoms with E-state index in [1.807, 2.05) is 48.5 Å². The fourth-order valence-electron chi connectivity index (χ4n) is 2.26. The second-order valence-corrected chi connectivity index (χ2v) is 6.24. The van der Waals surface area contributed by atoms with E-state index in [2.05, 4.69) is 10.5 Å². The van der Waals surface area contributed by atoms with Crippen molar-refractivity contribution in [3.05, 3.63) is 94.5 Å². The molecule has 6 heteroatoms. The normalized spacial score (nSPS) is 10.7. The van der Waals surface area contributed by atoms with E-state index in [-0.39, 0.29) is 5.91 Å². The lowest BCUT2D eigenvalue weighted by Crippen LogP contribution is -2.17. The number of rotatable bonds is 6. The summed E-state index contributed by atoms with van der Waals surface area (Å²) in [7, 11) is 0. The van der Waals surface area contributed by atoms with Gasteiger partial charge >= 0.3 is 0 Å². The molecule has 3 rings (SSSR count). The van der Waals surface area contributed by atoms with Crippen molar-refractivity contribution < 1.29 is 9.53 Å². The van der Waals surface area contributed by atoms with Gasteiger partial charge in [0.15, 0.2) is 0 Å². The molecule has 0 aliphatic heterocycles. The second kappa shape index (κ2) is 8.87. The number of nitrogens with one attached hydrogen (secondary N) is 1. The standard InChI is InChI=1S/C21H18ClN3O2/c22-18-7-1-16(2-8-18)14-27-20-11-3-15(4-12-20)13-24-25-21(26)17-5-9-19(23)10-6-17/h1-13H,14,23H2,(H,25,26)/b24-13-. The maximum Gasteiger partial charge on any atom is 0.271 e. The average Bonchev–Trinajstić information content (AvgIpc) is 2.69. The van der Waals surface area contributed by atoms with Gasteiger partial charge in [-0.15, -0.1) is 0 Å². The molecule has 0 saturated heterocycles. The molecule has 0 aromatic heterocycles. The Morgan fingerprint density at radius 1 is 1.00 bits per heavy atom. The van der Waals surface area contributed by atoms with Crippen molar-refractivity contribution in [1.29, 1.82) is 0 Å². The zero-order valence-corrected chi connectivity index (χ0v) is 15.2. The van der Waals surface area contributed by atoms with Crippen LogP contribution in [0.15, 0.2) is 77.9 Å². The van der Waals surface area contributed by atoms with Crippen molar-refractivity contribution in [2.45, 2.75) is 6.61 Å². The summed E-state index contributed by atoms with van der Waals surface area (Å²) in [6.07, 6.45) is 1.57. The van der Waals surface area contributed by atoms with E-state index in [9.17, 15) is 4.79 Å². The van der Waals surface area contributed by atoms with Gasteiger partial charge in [-0.2, -0.15) is 5.10 Å². The van der Waals surface area contributed by atoms with Crippen LogP contribution < -0.4 is 15.9 Å². The first kappa shape index (κ1) is 18.5. The third kappa shape index (κ3) is 5.59. The van der Waals surface area contributed by atoms with Gasteiger partial charge in [0, 0.05) is 16.3 Å². The molecule has 5 nitrogen and oxygen atoms in total. The fourth-order valence-corrected chi connectivity index (χ4v) is 2.39. The lowest BCUT2D eigenvalue weighted by Gasteiger charge is -2.06. The van der Waals surface area contributed by atoms with Crippen LogP contribution in [-0.4, -0.2) is 12.1 Å². The van der Waals surface area contributed by atoms with Crippen LogP contribution in [0, 0.1) is 0 Å². The van der Waals surface area contributed by atoms with Crippen LogP contribution in [0.5, 0.6) is 5.75 Å². The number of halogens is 1. The summed E-state index contributed by atoms with van der Waals surface area (Å²) in [6, 6.07) is 21.5. The second-order valence-electron chi connectivity index (χ2n) is 5.81. The molecule has 0 atom stereocenters. The van der Waals surface area contributed by atoms with Crippen molar-refractivity contribution in [2.24, 2.45) is 5.10 Å². The predicted molar refractivity (Wildman–Crippen MR) is 108 cm³/mol. The van der Waals surface area contributed by atoms with E-state index in [0.29, 0.717) is 22.9 Å². The number of ether oxygens (including phenoxy) is 1. The van der Waals surface area contributed by atoms with E-state index in [0.717, 1.165) is 16.9 Å². The number of nitrogens with zero attached hydrogens (tertiary/aromatic N) is 1. The van der Waals surface area contributed by atoms with Crippen LogP contribution in [0.1, 0.15) is 21.5 Å². The third-order valence-corrected chi connectivity index (χ3v) is 4.00. The van der Waals surface area contributed by atoms with Gasteiger partial charge in [-0.25, -0.2) is 5.43 Å². The SMILES string of the molecule is Nc1ccc(C(=O)N/N=C\c2ccc(OCc3ccc(Cl)cc3)cc2)cc1. The number of benzene rings is 3. The summed E-state index contributed by atoms with van der Waals surface area (Å²) in [5, 5.41) is 4.66. The van der Waals surface area contributed by atoms with E-state index >= 15 is 0 Å². The number of anilines is 1. The van der Waals surface area contributed by atoms with Gasteiger partial charge in [-0.1, -0.05) is 23.7 Å². The van der Waals surface area contributed by atoms with Crippen LogP contribution in [0.4, 0.5) is 5.69 Å². The summed E-state index contributed by atoms with van der Waals surface area (Å²) in [5.74, 6) is 0.446. The molecule has 0 heterocycles. The Hall–Kier alpha value is -3.31. The van der Waals surface area contributed by atoms with Crippen molar-refractivity contribution in [3.63, 3.8) is 0 Å². The Balaban J connectivity index is 1.50. The number of hydrogen-bond donors (Lipinski definition) is 2. The smallest absolute Gasteiger partial charge is 0.271 e. The molecular formula is C21H18ClN3O2. The summed E-state index contributed by atoms with van der Waals surface area (Å²) < 4.78 is 5.73. The van der Waals surface area contributed by atoms with Crippen molar-refractivity contribution in [3.8, 4) is 5.75 Å². The number of hydrogen-bond acceptors (Lipinski definition) is 4. The highest BCUT2D eigenvalue weighted by atomic mass is 35.5. The monoisotopic (exact) mass is 379 g/mol. The Labute approximate surface area is 162 Å². The molecule has 136 valence electrons. The topological polar surface area (TPSA) is 76.7 Å². The Morgan fingerprint density at radius 3 is 2.33 bits per heavy atom. The number of nitrogens with two attached hydrogens (primary N) is 1. The third-order valence-electron chi connectivity index (χ3n) is 3.75. The molecule has 0 unspecified atom stereocenters. The van der Waals surface area contributed by atoms with Gasteiger partial charge in [0.05, 0.1) is 6.21 Å². The lowest BCUT2D eigenvalue weighted by molar-refractivity contribution is 0.0955. The molecule has 3 aromatic carbocycles. The highest BCUT2D eigenvalue weighted by Crippen LogP contribution is 2.15. The highest BCUT2D eigenvalue weighted by Gasteiger charge is 2.03. The first-order chi connectivity index (χ1) is 13.1. The Kier molecular flexibility index (Phi) is 6.07. The van der Waals surface area contributed by atoms with Gasteiger partial charge in [0.2, 0.25) is 0 Å². The number of carbonyl (C=O) groups is 1. The Morgan fingerprint density at radius 2 is 1.67 bits per heavy atom. The van der Waals surface area contributed by atoms with Gasteiger partial charge in [0.25, 0.3) is 5.91 Å². The van der Waals surface area contributed by atoms with E-state index < -0.39 is 0 Å². The quantitative estimate of drug-likeness (QED) is 0.381. The molecule has 0 aliphatic carbocycles. The molecule has 0 spiro atoms. The molecule has 0 bridgehead atoms. The van der Waals surface area contributed by atoms with Crippen LogP contribution in [-0.2, 0) is 6.61 Å². The van der Waals surface area contributed by atoms with E-state index in [1.54, 1.807) is 30.5 Å². The lowest BCUT2D eigenvalue weighted by atomic mass is 10.2. The van der Waals surface area contributed by atoms with Crippen LogP contribution in [0.3, 0.4) is 0 Å². The molecule has 1 amide bonds. The van der Waals surface area contributed by atoms with Gasteiger partial charge in [-0.3, -0.25) is 4.79 Å². The van der Waals surface area contributed by atoms with E-state index in [4.69, 9.17) is 22.1 Å². The molecule has 0 aliphatic rings. The predicted octanol–water partition coefficient (Wildman–Crippen LogP) is 4.27. The first-order valence-corrected chi connectivity index (χ1v) is 8.64. The zero-order chi connectivity index (χ0) is 19.1. The minimum absolute atomic E-state index is 0.297. The molecule has 0 radical (unpaired) electrons. The summed E-state index contributed by atoms with van der Waals surface area (Å²) in [5.41, 5.74) is 11.1. The maximum atomic E-state index is 11.9. The average molecular weight is 380 g/mol. The molecule has 0 saturated carbocycles. The number of hydrazone groups is 1. The summed E-state index contributed by atoms with van der Waals surface area (Å²) >= 11 is 5.86. The number of amides is 1. The van der Waals surface area contributed by atoms with Crippen molar-refractivity contribution >= 4 is 29.4 Å². The molecule has 3 N–H and O–H groups in total. The van der Waals surface area contributed by atoms with Crippen LogP contribution in [0.2, 0.25) is 5.02 Å². The fraction of sp³-hybridized carbons (Fsp3) is 0.0476. The van der Waals surface area contributed by atoms with Gasteiger partial charge in [-0.05, 0) is 71.8 Å². The zero-order valence-electron chi connectivity index (χ0n) is 14.4. The number of nitrogen functional groups attached to an aromatic ring is 1. The van der Waals surface area contributed by atoms with Crippen LogP contribution >= 0.6 is 11.6 Å². The van der Waals surface area contributed by atoms with Crippen molar-refractivity contribution in [1.82, 2.24) is 5.43 Å². The number of carbonyl (C=O) groups excluding carboxylic acids is 1. The molecule has 27 heavy (non-hydrogen) atoms. The summed E-state index contributed by atoms with van der Waals surface area (Å²) in [6.45, 7) is 0.461. The first-order valence-electron chi connectivity index (χ1n) is 8.26. The van der Waals surface area contributed by atoms with Gasteiger partial charge in [0.1, 0.15) is 12.4 Å². The highest BCUT2D eigenvalue weighted by molar-refractivity contribution is 6.30. The minimum Gasteiger partial charge on any atom is -0.489 e. The van der Waals surface area contributed by atoms with Crippen LogP contribution in [0.25, 0.3) is 0 Å².